The molecule has 1 atom stereocenters. The van der Waals surface area contributed by atoms with Crippen molar-refractivity contribution in [1.82, 2.24) is 9.80 Å². The van der Waals surface area contributed by atoms with Crippen LogP contribution >= 0.6 is 0 Å². The molecule has 1 aromatic carbocycles. The van der Waals surface area contributed by atoms with E-state index in [0.717, 1.165) is 26.2 Å². The maximum Gasteiger partial charge on any atom is 0.270 e. The van der Waals surface area contributed by atoms with Gasteiger partial charge in [0.25, 0.3) is 11.6 Å². The summed E-state index contributed by atoms with van der Waals surface area (Å²) in [6, 6.07) is 4.41. The van der Waals surface area contributed by atoms with Crippen LogP contribution in [-0.2, 0) is 0 Å². The van der Waals surface area contributed by atoms with Gasteiger partial charge < -0.3 is 16.0 Å². The Labute approximate surface area is 135 Å². The van der Waals surface area contributed by atoms with E-state index >= 15 is 0 Å². The minimum Gasteiger partial charge on any atom is -0.383 e. The first-order valence-corrected chi connectivity index (χ1v) is 7.63. The fraction of sp³-hybridized carbons (Fsp3) is 0.533. The second-order valence-corrected chi connectivity index (χ2v) is 5.92. The number of anilines is 1. The van der Waals surface area contributed by atoms with E-state index in [9.17, 15) is 14.9 Å². The molecule has 1 saturated heterocycles. The third-order valence-electron chi connectivity index (χ3n) is 4.23. The van der Waals surface area contributed by atoms with Crippen LogP contribution in [0.5, 0.6) is 0 Å². The molecule has 1 aliphatic heterocycles. The van der Waals surface area contributed by atoms with Gasteiger partial charge in [-0.1, -0.05) is 0 Å². The lowest BCUT2D eigenvalue weighted by Crippen LogP contribution is -2.49. The van der Waals surface area contributed by atoms with Crippen molar-refractivity contribution in [3.63, 3.8) is 0 Å². The van der Waals surface area contributed by atoms with Gasteiger partial charge in [0.15, 0.2) is 0 Å². The standard InChI is InChI=1S/C15H23N5O3/c1-11(19-7-5-18(2)6-8-19)10-17-14-4-3-12(20(22)23)9-13(14)15(16)21/h3-4,9,11,17H,5-8,10H2,1-2H3,(H2,16,21). The lowest BCUT2D eigenvalue weighted by atomic mass is 10.1. The number of nitro benzene ring substituents is 1. The van der Waals surface area contributed by atoms with E-state index in [1.165, 1.54) is 18.2 Å². The lowest BCUT2D eigenvalue weighted by molar-refractivity contribution is -0.384. The maximum absolute atomic E-state index is 11.5. The van der Waals surface area contributed by atoms with Crippen molar-refractivity contribution in [2.24, 2.45) is 5.73 Å². The quantitative estimate of drug-likeness (QED) is 0.591. The summed E-state index contributed by atoms with van der Waals surface area (Å²) in [5.41, 5.74) is 5.86. The molecule has 1 aliphatic rings. The molecule has 1 aromatic rings. The first-order chi connectivity index (χ1) is 10.9. The Kier molecular flexibility index (Phi) is 5.51. The summed E-state index contributed by atoms with van der Waals surface area (Å²) < 4.78 is 0. The van der Waals surface area contributed by atoms with Crippen LogP contribution in [0, 0.1) is 10.1 Å². The molecule has 1 fully saturated rings. The van der Waals surface area contributed by atoms with E-state index in [0.29, 0.717) is 18.3 Å². The first kappa shape index (κ1) is 17.2. The topological polar surface area (TPSA) is 105 Å². The average molecular weight is 321 g/mol. The molecular weight excluding hydrogens is 298 g/mol. The Morgan fingerprint density at radius 3 is 2.61 bits per heavy atom. The molecule has 0 radical (unpaired) electrons. The summed E-state index contributed by atoms with van der Waals surface area (Å²) in [6.07, 6.45) is 0. The van der Waals surface area contributed by atoms with Crippen LogP contribution < -0.4 is 11.1 Å². The van der Waals surface area contributed by atoms with Crippen LogP contribution in [0.15, 0.2) is 18.2 Å². The van der Waals surface area contributed by atoms with Gasteiger partial charge in [-0.25, -0.2) is 0 Å². The number of benzene rings is 1. The van der Waals surface area contributed by atoms with E-state index in [1.54, 1.807) is 0 Å². The number of likely N-dealkylation sites (N-methyl/N-ethyl adjacent to an activating group) is 1. The lowest BCUT2D eigenvalue weighted by Gasteiger charge is -2.36. The molecule has 126 valence electrons. The van der Waals surface area contributed by atoms with Crippen molar-refractivity contribution in [3.8, 4) is 0 Å². The summed E-state index contributed by atoms with van der Waals surface area (Å²) in [4.78, 5) is 26.5. The van der Waals surface area contributed by atoms with Gasteiger partial charge in [-0.15, -0.1) is 0 Å². The number of non-ortho nitro benzene ring substituents is 1. The summed E-state index contributed by atoms with van der Waals surface area (Å²) in [7, 11) is 2.11. The molecule has 8 nitrogen and oxygen atoms in total. The molecule has 0 bridgehead atoms. The van der Waals surface area contributed by atoms with Crippen LogP contribution in [0.3, 0.4) is 0 Å². The Morgan fingerprint density at radius 1 is 1.39 bits per heavy atom. The number of nitrogens with zero attached hydrogens (tertiary/aromatic N) is 3. The summed E-state index contributed by atoms with van der Waals surface area (Å²) in [5.74, 6) is -0.677. The largest absolute Gasteiger partial charge is 0.383 e. The van der Waals surface area contributed by atoms with Crippen LogP contribution in [0.1, 0.15) is 17.3 Å². The minimum absolute atomic E-state index is 0.142. The molecule has 0 aromatic heterocycles. The normalized spacial score (nSPS) is 17.7. The van der Waals surface area contributed by atoms with Gasteiger partial charge in [0.1, 0.15) is 0 Å². The van der Waals surface area contributed by atoms with Crippen molar-refractivity contribution in [1.29, 1.82) is 0 Å². The summed E-state index contributed by atoms with van der Waals surface area (Å²) >= 11 is 0. The van der Waals surface area contributed by atoms with Crippen molar-refractivity contribution in [2.75, 3.05) is 45.1 Å². The van der Waals surface area contributed by atoms with Crippen molar-refractivity contribution in [2.45, 2.75) is 13.0 Å². The molecule has 1 unspecified atom stereocenters. The predicted octanol–water partition coefficient (Wildman–Crippen LogP) is 0.741. The van der Waals surface area contributed by atoms with Crippen LogP contribution in [0.2, 0.25) is 0 Å². The molecule has 1 heterocycles. The second-order valence-electron chi connectivity index (χ2n) is 5.92. The number of rotatable bonds is 6. The molecule has 3 N–H and O–H groups in total. The van der Waals surface area contributed by atoms with Crippen molar-refractivity contribution in [3.05, 3.63) is 33.9 Å². The highest BCUT2D eigenvalue weighted by molar-refractivity contribution is 5.99. The van der Waals surface area contributed by atoms with Gasteiger partial charge in [-0.2, -0.15) is 0 Å². The van der Waals surface area contributed by atoms with E-state index < -0.39 is 10.8 Å². The Morgan fingerprint density at radius 2 is 2.04 bits per heavy atom. The van der Waals surface area contributed by atoms with Gasteiger partial charge >= 0.3 is 0 Å². The molecule has 0 spiro atoms. The molecule has 1 amide bonds. The highest BCUT2D eigenvalue weighted by atomic mass is 16.6. The number of hydrogen-bond acceptors (Lipinski definition) is 6. The minimum atomic E-state index is -0.677. The Balaban J connectivity index is 2.02. The maximum atomic E-state index is 11.5. The van der Waals surface area contributed by atoms with Crippen LogP contribution in [0.4, 0.5) is 11.4 Å². The van der Waals surface area contributed by atoms with E-state index in [-0.39, 0.29) is 11.3 Å². The molecule has 0 saturated carbocycles. The highest BCUT2D eigenvalue weighted by Crippen LogP contribution is 2.22. The summed E-state index contributed by atoms with van der Waals surface area (Å²) in [5, 5.41) is 14.0. The number of nitro groups is 1. The first-order valence-electron chi connectivity index (χ1n) is 7.63. The zero-order chi connectivity index (χ0) is 17.0. The molecule has 23 heavy (non-hydrogen) atoms. The smallest absolute Gasteiger partial charge is 0.270 e. The van der Waals surface area contributed by atoms with E-state index in [1.807, 2.05) is 0 Å². The zero-order valence-electron chi connectivity index (χ0n) is 13.5. The SMILES string of the molecule is CC(CNc1ccc([N+](=O)[O-])cc1C(N)=O)N1CCN(C)CC1. The number of amides is 1. The number of nitrogens with two attached hydrogens (primary N) is 1. The highest BCUT2D eigenvalue weighted by Gasteiger charge is 2.20. The number of carbonyl (C=O) groups excluding carboxylic acids is 1. The fourth-order valence-electron chi connectivity index (χ4n) is 2.65. The monoisotopic (exact) mass is 321 g/mol. The van der Waals surface area contributed by atoms with Gasteiger partial charge in [0, 0.05) is 56.6 Å². The fourth-order valence-corrected chi connectivity index (χ4v) is 2.65. The number of piperazine rings is 1. The van der Waals surface area contributed by atoms with Crippen molar-refractivity contribution >= 4 is 17.3 Å². The number of hydrogen-bond donors (Lipinski definition) is 2. The van der Waals surface area contributed by atoms with Crippen LogP contribution in [0.25, 0.3) is 0 Å². The third kappa shape index (κ3) is 4.40. The molecule has 2 rings (SSSR count). The van der Waals surface area contributed by atoms with E-state index in [4.69, 9.17) is 5.73 Å². The number of nitrogens with one attached hydrogen (secondary N) is 1. The second kappa shape index (κ2) is 7.38. The van der Waals surface area contributed by atoms with E-state index in [2.05, 4.69) is 29.1 Å². The predicted molar refractivity (Wildman–Crippen MR) is 88.6 cm³/mol. The van der Waals surface area contributed by atoms with Gasteiger partial charge in [-0.3, -0.25) is 19.8 Å². The summed E-state index contributed by atoms with van der Waals surface area (Å²) in [6.45, 7) is 6.84. The van der Waals surface area contributed by atoms with Crippen molar-refractivity contribution < 1.29 is 9.72 Å². The zero-order valence-corrected chi connectivity index (χ0v) is 13.5. The van der Waals surface area contributed by atoms with Gasteiger partial charge in [-0.05, 0) is 20.0 Å². The molecular formula is C15H23N5O3. The number of primary amides is 1. The number of carbonyl (C=O) groups is 1. The van der Waals surface area contributed by atoms with Crippen LogP contribution in [-0.4, -0.2) is 66.4 Å². The van der Waals surface area contributed by atoms with Gasteiger partial charge in [0.05, 0.1) is 10.5 Å². The molecule has 8 heteroatoms. The Hall–Kier alpha value is -2.19. The third-order valence-corrected chi connectivity index (χ3v) is 4.23. The Bertz CT molecular complexity index is 584. The average Bonchev–Trinajstić information content (AvgIpc) is 2.52. The molecule has 0 aliphatic carbocycles. The van der Waals surface area contributed by atoms with Gasteiger partial charge in [0.2, 0.25) is 0 Å².